The van der Waals surface area contributed by atoms with E-state index in [2.05, 4.69) is 51.2 Å². The Bertz CT molecular complexity index is 417. The summed E-state index contributed by atoms with van der Waals surface area (Å²) in [4.78, 5) is 0. The molecular formula is C19H28. The van der Waals surface area contributed by atoms with Gasteiger partial charge in [0.2, 0.25) is 0 Å². The standard InChI is InChI=1S/C19H28/c1-4-8-18-13-7-14-19(18)16(3)10-6-12-17-11-5-9-15(17)2/h6-7,12-14,16,19H,4-5,8-11H2,1-3H3/b12-6+. The highest BCUT2D eigenvalue weighted by Crippen LogP contribution is 2.32. The number of hydrogen-bond acceptors (Lipinski definition) is 0. The molecule has 0 radical (unpaired) electrons. The minimum absolute atomic E-state index is 0.684. The molecular weight excluding hydrogens is 228 g/mol. The Balaban J connectivity index is 1.86. The fourth-order valence-corrected chi connectivity index (χ4v) is 3.34. The van der Waals surface area contributed by atoms with Gasteiger partial charge in [0.1, 0.15) is 0 Å². The molecule has 0 amide bonds. The molecule has 0 saturated heterocycles. The Labute approximate surface area is 119 Å². The SMILES string of the molecule is CCCC1=CC=CC1C(C)C/C=C/C1=C(C)CCC1. The van der Waals surface area contributed by atoms with Gasteiger partial charge in [0, 0.05) is 5.92 Å². The van der Waals surface area contributed by atoms with E-state index in [9.17, 15) is 0 Å². The Kier molecular flexibility index (Phi) is 5.24. The lowest BCUT2D eigenvalue weighted by Gasteiger charge is -2.20. The molecule has 0 heteroatoms. The van der Waals surface area contributed by atoms with E-state index < -0.39 is 0 Å². The molecule has 0 fully saturated rings. The van der Waals surface area contributed by atoms with Crippen molar-refractivity contribution in [3.63, 3.8) is 0 Å². The summed E-state index contributed by atoms with van der Waals surface area (Å²) in [5, 5.41) is 0. The van der Waals surface area contributed by atoms with Gasteiger partial charge in [0.25, 0.3) is 0 Å². The zero-order valence-electron chi connectivity index (χ0n) is 12.8. The second-order valence-electron chi connectivity index (χ2n) is 6.18. The van der Waals surface area contributed by atoms with Crippen molar-refractivity contribution >= 4 is 0 Å². The van der Waals surface area contributed by atoms with Crippen LogP contribution in [0, 0.1) is 11.8 Å². The van der Waals surface area contributed by atoms with Crippen LogP contribution in [0.5, 0.6) is 0 Å². The first-order valence-electron chi connectivity index (χ1n) is 7.94. The van der Waals surface area contributed by atoms with E-state index in [1.54, 1.807) is 16.7 Å². The van der Waals surface area contributed by atoms with Crippen LogP contribution in [-0.4, -0.2) is 0 Å². The molecule has 0 spiro atoms. The fraction of sp³-hybridized carbons (Fsp3) is 0.579. The summed E-state index contributed by atoms with van der Waals surface area (Å²) in [6.45, 7) is 6.96. The van der Waals surface area contributed by atoms with Crippen LogP contribution in [0.4, 0.5) is 0 Å². The van der Waals surface area contributed by atoms with Gasteiger partial charge < -0.3 is 0 Å². The molecule has 0 aromatic carbocycles. The van der Waals surface area contributed by atoms with Crippen molar-refractivity contribution < 1.29 is 0 Å². The van der Waals surface area contributed by atoms with E-state index in [0.29, 0.717) is 5.92 Å². The molecule has 0 aromatic heterocycles. The number of rotatable bonds is 6. The van der Waals surface area contributed by atoms with Crippen molar-refractivity contribution in [2.45, 2.75) is 59.3 Å². The van der Waals surface area contributed by atoms with Gasteiger partial charge in [-0.3, -0.25) is 0 Å². The molecule has 2 aliphatic rings. The summed E-state index contributed by atoms with van der Waals surface area (Å²) in [5.74, 6) is 1.42. The lowest BCUT2D eigenvalue weighted by molar-refractivity contribution is 0.478. The molecule has 0 bridgehead atoms. The highest BCUT2D eigenvalue weighted by atomic mass is 14.2. The van der Waals surface area contributed by atoms with E-state index in [0.717, 1.165) is 5.92 Å². The average Bonchev–Trinajstić information content (AvgIpc) is 3.00. The Morgan fingerprint density at radius 3 is 2.89 bits per heavy atom. The summed E-state index contributed by atoms with van der Waals surface area (Å²) in [5.41, 5.74) is 4.84. The van der Waals surface area contributed by atoms with Gasteiger partial charge in [-0.05, 0) is 50.5 Å². The van der Waals surface area contributed by atoms with Gasteiger partial charge in [-0.2, -0.15) is 0 Å². The molecule has 0 heterocycles. The van der Waals surface area contributed by atoms with Crippen molar-refractivity contribution in [1.82, 2.24) is 0 Å². The summed E-state index contributed by atoms with van der Waals surface area (Å²) in [6, 6.07) is 0. The zero-order valence-corrected chi connectivity index (χ0v) is 12.8. The highest BCUT2D eigenvalue weighted by molar-refractivity contribution is 5.30. The second kappa shape index (κ2) is 6.93. The third-order valence-corrected chi connectivity index (χ3v) is 4.58. The van der Waals surface area contributed by atoms with Crippen LogP contribution >= 0.6 is 0 Å². The monoisotopic (exact) mass is 256 g/mol. The molecule has 0 aromatic rings. The third kappa shape index (κ3) is 3.72. The van der Waals surface area contributed by atoms with E-state index in [4.69, 9.17) is 0 Å². The van der Waals surface area contributed by atoms with Crippen LogP contribution < -0.4 is 0 Å². The summed E-state index contributed by atoms with van der Waals surface area (Å²) >= 11 is 0. The maximum absolute atomic E-state index is 2.41. The Morgan fingerprint density at radius 1 is 1.37 bits per heavy atom. The predicted molar refractivity (Wildman–Crippen MR) is 85.1 cm³/mol. The van der Waals surface area contributed by atoms with Crippen LogP contribution in [0.2, 0.25) is 0 Å². The first-order chi connectivity index (χ1) is 9.22. The van der Waals surface area contributed by atoms with Crippen molar-refractivity contribution in [1.29, 1.82) is 0 Å². The molecule has 104 valence electrons. The number of allylic oxidation sites excluding steroid dienone is 8. The third-order valence-electron chi connectivity index (χ3n) is 4.58. The van der Waals surface area contributed by atoms with Crippen molar-refractivity contribution in [3.05, 3.63) is 47.1 Å². The summed E-state index contributed by atoms with van der Waals surface area (Å²) in [7, 11) is 0. The average molecular weight is 256 g/mol. The minimum atomic E-state index is 0.684. The molecule has 2 unspecified atom stereocenters. The molecule has 2 atom stereocenters. The van der Waals surface area contributed by atoms with Crippen LogP contribution in [0.3, 0.4) is 0 Å². The Hall–Kier alpha value is -1.04. The van der Waals surface area contributed by atoms with Crippen LogP contribution in [0.15, 0.2) is 47.1 Å². The quantitative estimate of drug-likeness (QED) is 0.548. The van der Waals surface area contributed by atoms with E-state index in [1.165, 1.54) is 38.5 Å². The molecule has 2 rings (SSSR count). The maximum atomic E-state index is 2.41. The van der Waals surface area contributed by atoms with Gasteiger partial charge in [-0.25, -0.2) is 0 Å². The lowest BCUT2D eigenvalue weighted by atomic mass is 9.85. The van der Waals surface area contributed by atoms with Crippen molar-refractivity contribution in [3.8, 4) is 0 Å². The minimum Gasteiger partial charge on any atom is -0.0840 e. The maximum Gasteiger partial charge on any atom is 0.00116 e. The summed E-state index contributed by atoms with van der Waals surface area (Å²) in [6.07, 6.45) is 19.5. The molecule has 2 aliphatic carbocycles. The summed E-state index contributed by atoms with van der Waals surface area (Å²) < 4.78 is 0. The first-order valence-corrected chi connectivity index (χ1v) is 7.94. The molecule has 0 aliphatic heterocycles. The topological polar surface area (TPSA) is 0 Å². The van der Waals surface area contributed by atoms with E-state index in [-0.39, 0.29) is 0 Å². The van der Waals surface area contributed by atoms with Crippen LogP contribution in [0.25, 0.3) is 0 Å². The van der Waals surface area contributed by atoms with Gasteiger partial charge >= 0.3 is 0 Å². The fourth-order valence-electron chi connectivity index (χ4n) is 3.34. The van der Waals surface area contributed by atoms with Gasteiger partial charge in [0.15, 0.2) is 0 Å². The number of hydrogen-bond donors (Lipinski definition) is 0. The van der Waals surface area contributed by atoms with Crippen LogP contribution in [0.1, 0.15) is 59.3 Å². The first kappa shape index (κ1) is 14.4. The van der Waals surface area contributed by atoms with Crippen molar-refractivity contribution in [2.24, 2.45) is 11.8 Å². The molecule has 19 heavy (non-hydrogen) atoms. The highest BCUT2D eigenvalue weighted by Gasteiger charge is 2.19. The molecule has 0 N–H and O–H groups in total. The van der Waals surface area contributed by atoms with E-state index >= 15 is 0 Å². The molecule has 0 nitrogen and oxygen atoms in total. The second-order valence-corrected chi connectivity index (χ2v) is 6.18. The van der Waals surface area contributed by atoms with Gasteiger partial charge in [0.05, 0.1) is 0 Å². The molecule has 0 saturated carbocycles. The zero-order chi connectivity index (χ0) is 13.7. The predicted octanol–water partition coefficient (Wildman–Crippen LogP) is 5.98. The largest absolute Gasteiger partial charge is 0.0840 e. The van der Waals surface area contributed by atoms with Gasteiger partial charge in [-0.15, -0.1) is 0 Å². The Morgan fingerprint density at radius 2 is 2.21 bits per heavy atom. The van der Waals surface area contributed by atoms with Gasteiger partial charge in [-0.1, -0.05) is 61.8 Å². The van der Waals surface area contributed by atoms with E-state index in [1.807, 2.05) is 0 Å². The lowest BCUT2D eigenvalue weighted by Crippen LogP contribution is -2.09. The normalized spacial score (nSPS) is 24.6. The smallest absolute Gasteiger partial charge is 0.00116 e. The van der Waals surface area contributed by atoms with Crippen molar-refractivity contribution in [2.75, 3.05) is 0 Å². The van der Waals surface area contributed by atoms with Crippen LogP contribution in [-0.2, 0) is 0 Å².